The van der Waals surface area contributed by atoms with Crippen LogP contribution in [0.1, 0.15) is 19.3 Å². The zero-order chi connectivity index (χ0) is 15.4. The number of carbonyl (C=O) groups excluding carboxylic acids is 1. The fourth-order valence-electron chi connectivity index (χ4n) is 2.48. The van der Waals surface area contributed by atoms with Gasteiger partial charge in [0.25, 0.3) is 0 Å². The van der Waals surface area contributed by atoms with Gasteiger partial charge in [0.15, 0.2) is 0 Å². The van der Waals surface area contributed by atoms with Crippen molar-refractivity contribution < 1.29 is 18.3 Å². The topological polar surface area (TPSA) is 89.9 Å². The lowest BCUT2D eigenvalue weighted by atomic mass is 9.94. The van der Waals surface area contributed by atoms with Crippen molar-refractivity contribution in [3.63, 3.8) is 0 Å². The molecule has 1 rings (SSSR count). The lowest BCUT2D eigenvalue weighted by Gasteiger charge is -2.29. The number of likely N-dealkylation sites (N-methyl/N-ethyl adjacent to an activating group) is 1. The molecule has 8 heteroatoms. The number of rotatable bonds is 5. The molecule has 1 aliphatic rings. The quantitative estimate of drug-likeness (QED) is 0.669. The third kappa shape index (κ3) is 6.17. The highest BCUT2D eigenvalue weighted by atomic mass is 32.2. The third-order valence-corrected chi connectivity index (χ3v) is 4.03. The number of hydrogen-bond acceptors (Lipinski definition) is 5. The summed E-state index contributed by atoms with van der Waals surface area (Å²) >= 11 is 0. The predicted octanol–water partition coefficient (Wildman–Crippen LogP) is -1.16. The molecule has 0 bridgehead atoms. The minimum absolute atomic E-state index is 0.217. The molecule has 0 aromatic rings. The standard InChI is InChI=1S/C12H25N3O4S/c1-14(2)10-12(17)5-4-7-15(8-6-12)11(16)9-13-20(3,18)19/h13,17H,4-10H2,1-3H3. The van der Waals surface area contributed by atoms with Gasteiger partial charge in [0.2, 0.25) is 15.9 Å². The van der Waals surface area contributed by atoms with Gasteiger partial charge in [-0.3, -0.25) is 4.79 Å². The number of hydrogen-bond donors (Lipinski definition) is 2. The molecule has 0 spiro atoms. The Labute approximate surface area is 121 Å². The average molecular weight is 307 g/mol. The van der Waals surface area contributed by atoms with Crippen LogP contribution < -0.4 is 4.72 Å². The monoisotopic (exact) mass is 307 g/mol. The van der Waals surface area contributed by atoms with E-state index in [0.29, 0.717) is 32.5 Å². The molecule has 0 radical (unpaired) electrons. The number of likely N-dealkylation sites (tertiary alicyclic amines) is 1. The van der Waals surface area contributed by atoms with E-state index < -0.39 is 15.6 Å². The first-order chi connectivity index (χ1) is 9.11. The Morgan fingerprint density at radius 1 is 1.35 bits per heavy atom. The summed E-state index contributed by atoms with van der Waals surface area (Å²) in [6.07, 6.45) is 2.90. The molecule has 0 aromatic carbocycles. The van der Waals surface area contributed by atoms with Crippen LogP contribution >= 0.6 is 0 Å². The van der Waals surface area contributed by atoms with Crippen LogP contribution in [0, 0.1) is 0 Å². The molecular formula is C12H25N3O4S. The molecule has 0 aliphatic carbocycles. The summed E-state index contributed by atoms with van der Waals surface area (Å²) in [5.41, 5.74) is -0.775. The summed E-state index contributed by atoms with van der Waals surface area (Å²) in [4.78, 5) is 15.5. The lowest BCUT2D eigenvalue weighted by Crippen LogP contribution is -2.43. The summed E-state index contributed by atoms with van der Waals surface area (Å²) < 4.78 is 24.2. The molecule has 1 fully saturated rings. The van der Waals surface area contributed by atoms with Gasteiger partial charge in [0.1, 0.15) is 0 Å². The molecule has 1 amide bonds. The molecule has 20 heavy (non-hydrogen) atoms. The summed E-state index contributed by atoms with van der Waals surface area (Å²) in [6.45, 7) is 1.36. The van der Waals surface area contributed by atoms with Crippen molar-refractivity contribution in [3.05, 3.63) is 0 Å². The highest BCUT2D eigenvalue weighted by molar-refractivity contribution is 7.88. The van der Waals surface area contributed by atoms with Gasteiger partial charge in [-0.1, -0.05) is 0 Å². The molecule has 0 saturated carbocycles. The first kappa shape index (κ1) is 17.4. The van der Waals surface area contributed by atoms with E-state index in [1.165, 1.54) is 0 Å². The highest BCUT2D eigenvalue weighted by Crippen LogP contribution is 2.23. The molecule has 1 saturated heterocycles. The highest BCUT2D eigenvalue weighted by Gasteiger charge is 2.31. The molecular weight excluding hydrogens is 282 g/mol. The van der Waals surface area contributed by atoms with Crippen molar-refractivity contribution in [1.29, 1.82) is 0 Å². The van der Waals surface area contributed by atoms with Crippen molar-refractivity contribution >= 4 is 15.9 Å². The van der Waals surface area contributed by atoms with E-state index in [1.807, 2.05) is 19.0 Å². The summed E-state index contributed by atoms with van der Waals surface area (Å²) in [5.74, 6) is -0.246. The molecule has 2 N–H and O–H groups in total. The van der Waals surface area contributed by atoms with E-state index in [1.54, 1.807) is 4.90 Å². The first-order valence-corrected chi connectivity index (χ1v) is 8.60. The number of sulfonamides is 1. The minimum Gasteiger partial charge on any atom is -0.388 e. The van der Waals surface area contributed by atoms with E-state index in [9.17, 15) is 18.3 Å². The van der Waals surface area contributed by atoms with E-state index in [4.69, 9.17) is 0 Å². The second-order valence-electron chi connectivity index (χ2n) is 5.79. The van der Waals surface area contributed by atoms with Gasteiger partial charge in [-0.2, -0.15) is 0 Å². The van der Waals surface area contributed by atoms with Gasteiger partial charge < -0.3 is 14.9 Å². The minimum atomic E-state index is -3.36. The fraction of sp³-hybridized carbons (Fsp3) is 0.917. The Hall–Kier alpha value is -0.700. The molecule has 1 heterocycles. The van der Waals surface area contributed by atoms with Crippen molar-refractivity contribution in [1.82, 2.24) is 14.5 Å². The van der Waals surface area contributed by atoms with Crippen LogP contribution in [0.25, 0.3) is 0 Å². The van der Waals surface area contributed by atoms with Crippen LogP contribution in [0.5, 0.6) is 0 Å². The maximum Gasteiger partial charge on any atom is 0.237 e. The number of amides is 1. The zero-order valence-corrected chi connectivity index (χ0v) is 13.2. The van der Waals surface area contributed by atoms with Crippen LogP contribution in [0.15, 0.2) is 0 Å². The number of nitrogens with zero attached hydrogens (tertiary/aromatic N) is 2. The van der Waals surface area contributed by atoms with Gasteiger partial charge in [-0.25, -0.2) is 13.1 Å². The number of aliphatic hydroxyl groups is 1. The van der Waals surface area contributed by atoms with Crippen LogP contribution in [0.2, 0.25) is 0 Å². The van der Waals surface area contributed by atoms with E-state index >= 15 is 0 Å². The second-order valence-corrected chi connectivity index (χ2v) is 7.62. The van der Waals surface area contributed by atoms with E-state index in [2.05, 4.69) is 4.72 Å². The van der Waals surface area contributed by atoms with Crippen LogP contribution in [0.4, 0.5) is 0 Å². The third-order valence-electron chi connectivity index (χ3n) is 3.37. The Kier molecular flexibility index (Phi) is 5.93. The van der Waals surface area contributed by atoms with Gasteiger partial charge >= 0.3 is 0 Å². The summed E-state index contributed by atoms with van der Waals surface area (Å²) in [6, 6.07) is 0. The van der Waals surface area contributed by atoms with Gasteiger partial charge in [-0.05, 0) is 33.4 Å². The molecule has 1 unspecified atom stereocenters. The fourth-order valence-corrected chi connectivity index (χ4v) is 2.87. The Morgan fingerprint density at radius 3 is 2.55 bits per heavy atom. The smallest absolute Gasteiger partial charge is 0.237 e. The maximum atomic E-state index is 11.9. The summed E-state index contributed by atoms with van der Waals surface area (Å²) in [7, 11) is 0.450. The molecule has 1 aliphatic heterocycles. The maximum absolute atomic E-state index is 11.9. The first-order valence-electron chi connectivity index (χ1n) is 6.71. The zero-order valence-electron chi connectivity index (χ0n) is 12.4. The molecule has 7 nitrogen and oxygen atoms in total. The van der Waals surface area contributed by atoms with Gasteiger partial charge in [-0.15, -0.1) is 0 Å². The van der Waals surface area contributed by atoms with Crippen molar-refractivity contribution in [2.24, 2.45) is 0 Å². The van der Waals surface area contributed by atoms with Crippen LogP contribution in [-0.2, 0) is 14.8 Å². The van der Waals surface area contributed by atoms with E-state index in [0.717, 1.165) is 12.7 Å². The van der Waals surface area contributed by atoms with Crippen LogP contribution in [0.3, 0.4) is 0 Å². The predicted molar refractivity (Wildman–Crippen MR) is 76.8 cm³/mol. The Morgan fingerprint density at radius 2 is 2.00 bits per heavy atom. The Bertz CT molecular complexity index is 438. The van der Waals surface area contributed by atoms with E-state index in [-0.39, 0.29) is 12.5 Å². The normalized spacial score (nSPS) is 24.8. The lowest BCUT2D eigenvalue weighted by molar-refractivity contribution is -0.130. The Balaban J connectivity index is 2.53. The summed E-state index contributed by atoms with van der Waals surface area (Å²) in [5, 5.41) is 10.5. The van der Waals surface area contributed by atoms with Crippen LogP contribution in [-0.4, -0.2) is 81.4 Å². The average Bonchev–Trinajstić information content (AvgIpc) is 2.46. The van der Waals surface area contributed by atoms with Gasteiger partial charge in [0, 0.05) is 19.6 Å². The largest absolute Gasteiger partial charge is 0.388 e. The van der Waals surface area contributed by atoms with Crippen molar-refractivity contribution in [2.45, 2.75) is 24.9 Å². The van der Waals surface area contributed by atoms with Gasteiger partial charge in [0.05, 0.1) is 18.4 Å². The number of nitrogens with one attached hydrogen (secondary N) is 1. The second kappa shape index (κ2) is 6.84. The SMILES string of the molecule is CN(C)CC1(O)CCCN(C(=O)CNS(C)(=O)=O)CC1. The molecule has 1 atom stereocenters. The molecule has 118 valence electrons. The van der Waals surface area contributed by atoms with Crippen molar-refractivity contribution in [3.8, 4) is 0 Å². The van der Waals surface area contributed by atoms with Crippen molar-refractivity contribution in [2.75, 3.05) is 46.5 Å². The molecule has 0 aromatic heterocycles. The number of carbonyl (C=O) groups is 1.